The average molecular weight is 966 g/mol. The van der Waals surface area contributed by atoms with Gasteiger partial charge in [-0.25, -0.2) is 0 Å². The fraction of sp³-hybridized carbons (Fsp3) is 0.649. The Bertz CT molecular complexity index is 1800. The molecule has 0 spiro atoms. The van der Waals surface area contributed by atoms with E-state index in [0.717, 1.165) is 6.42 Å². The molecule has 0 saturated carbocycles. The quantitative estimate of drug-likeness (QED) is 0.0188. The normalized spacial score (nSPS) is 11.8. The van der Waals surface area contributed by atoms with E-state index >= 15 is 0 Å². The Morgan fingerprint density at radius 2 is 0.476 bits per heavy atom. The van der Waals surface area contributed by atoms with Gasteiger partial charge in [0.25, 0.3) is 0 Å². The molecule has 0 aromatic heterocycles. The monoisotopic (exact) mass is 965 g/mol. The van der Waals surface area contributed by atoms with Gasteiger partial charge in [0.15, 0.2) is 0 Å². The van der Waals surface area contributed by atoms with Gasteiger partial charge in [0.1, 0.15) is 0 Å². The Balaban J connectivity index is 1.91. The first-order chi connectivity index (χ1) is 31.1. The molecule has 0 heterocycles. The summed E-state index contributed by atoms with van der Waals surface area (Å²) in [4.78, 5) is 9.11. The van der Waals surface area contributed by atoms with Crippen LogP contribution in [-0.4, -0.2) is 34.5 Å². The lowest BCUT2D eigenvalue weighted by molar-refractivity contribution is 0.640. The minimum absolute atomic E-state index is 1.16. The third-order valence-corrected chi connectivity index (χ3v) is 19.4. The van der Waals surface area contributed by atoms with Gasteiger partial charge < -0.3 is 0 Å². The Morgan fingerprint density at radius 3 is 0.683 bits per heavy atom. The van der Waals surface area contributed by atoms with E-state index in [0.29, 0.717) is 0 Å². The Kier molecular flexibility index (Phi) is 30.4. The van der Waals surface area contributed by atoms with E-state index in [-0.39, 0.29) is 0 Å². The lowest BCUT2D eigenvalue weighted by Crippen LogP contribution is -1.94. The topological polar surface area (TPSA) is 0 Å². The van der Waals surface area contributed by atoms with Gasteiger partial charge in [0.2, 0.25) is 0 Å². The molecule has 0 aliphatic carbocycles. The van der Waals surface area contributed by atoms with Crippen LogP contribution in [0, 0.1) is 0 Å². The SMILES string of the molecule is C=CCCCCCCCSc1cc2c3cc(SCCCCCC)c(SCCCCCC)cc3c3cc(SCCCCCC)c(SCCCCCC)cc3c2cc1SCCCCCC. The van der Waals surface area contributed by atoms with Crippen molar-refractivity contribution in [3.63, 3.8) is 0 Å². The van der Waals surface area contributed by atoms with E-state index in [4.69, 9.17) is 0 Å². The van der Waals surface area contributed by atoms with Gasteiger partial charge in [0, 0.05) is 29.4 Å². The van der Waals surface area contributed by atoms with Crippen molar-refractivity contribution in [2.75, 3.05) is 34.5 Å². The smallest absolute Gasteiger partial charge is 0.0215 e. The maximum Gasteiger partial charge on any atom is 0.0215 e. The molecule has 0 atom stereocenters. The van der Waals surface area contributed by atoms with E-state index in [1.807, 2.05) is 0 Å². The summed E-state index contributed by atoms with van der Waals surface area (Å²) in [5, 5.41) is 8.87. The molecule has 4 rings (SSSR count). The first-order valence-electron chi connectivity index (χ1n) is 26.0. The zero-order chi connectivity index (χ0) is 44.7. The lowest BCUT2D eigenvalue weighted by Gasteiger charge is -2.20. The molecule has 4 aromatic rings. The van der Waals surface area contributed by atoms with E-state index < -0.39 is 0 Å². The number of thioether (sulfide) groups is 6. The van der Waals surface area contributed by atoms with Crippen molar-refractivity contribution in [2.45, 2.75) is 231 Å². The Hall–Kier alpha value is -0.500. The first-order valence-corrected chi connectivity index (χ1v) is 31.9. The van der Waals surface area contributed by atoms with Crippen LogP contribution in [0.1, 0.15) is 202 Å². The van der Waals surface area contributed by atoms with Crippen molar-refractivity contribution >= 4 is 103 Å². The third kappa shape index (κ3) is 19.9. The van der Waals surface area contributed by atoms with Gasteiger partial charge in [-0.1, -0.05) is 156 Å². The van der Waals surface area contributed by atoms with Crippen LogP contribution in [0.4, 0.5) is 0 Å². The molecule has 0 fully saturated rings. The summed E-state index contributed by atoms with van der Waals surface area (Å²) in [7, 11) is 0. The minimum Gasteiger partial charge on any atom is -0.125 e. The van der Waals surface area contributed by atoms with Gasteiger partial charge in [-0.05, 0) is 155 Å². The molecule has 0 nitrogen and oxygen atoms in total. The van der Waals surface area contributed by atoms with Crippen LogP contribution in [-0.2, 0) is 0 Å². The molecule has 0 bridgehead atoms. The molecular formula is C57H88S6. The van der Waals surface area contributed by atoms with E-state index in [1.54, 1.807) is 0 Å². The van der Waals surface area contributed by atoms with Crippen molar-refractivity contribution in [3.8, 4) is 0 Å². The maximum absolute atomic E-state index is 3.93. The molecule has 63 heavy (non-hydrogen) atoms. The van der Waals surface area contributed by atoms with Crippen LogP contribution in [0.5, 0.6) is 0 Å². The molecule has 0 unspecified atom stereocenters. The summed E-state index contributed by atoms with van der Waals surface area (Å²) in [6.07, 6.45) is 36.3. The summed E-state index contributed by atoms with van der Waals surface area (Å²) >= 11 is 12.8. The predicted molar refractivity (Wildman–Crippen MR) is 302 cm³/mol. The predicted octanol–water partition coefficient (Wildman–Crippen LogP) is 22.1. The maximum atomic E-state index is 3.93. The standard InChI is InChI=1S/C57H88S6/c1-7-13-19-25-26-27-33-39-63-57-45-51-49-43-55(61-37-31-23-17-11-5)53(59-35-29-21-15-9-3)41-47(49)46-40-52(58-34-28-20-14-8-2)54(60-36-30-22-16-10-4)42-48(46)50(51)44-56(57)62-38-32-24-18-12-6/h7,40-45H,1,8-39H2,2-6H3. The average Bonchev–Trinajstić information content (AvgIpc) is 3.29. The highest BCUT2D eigenvalue weighted by Gasteiger charge is 2.19. The van der Waals surface area contributed by atoms with Crippen LogP contribution < -0.4 is 0 Å². The highest BCUT2D eigenvalue weighted by atomic mass is 32.2. The molecule has 0 saturated heterocycles. The van der Waals surface area contributed by atoms with Crippen LogP contribution in [0.25, 0.3) is 32.3 Å². The summed E-state index contributed by atoms with van der Waals surface area (Å²) in [6.45, 7) is 15.6. The molecular weight excluding hydrogens is 877 g/mol. The molecule has 6 heteroatoms. The number of unbranched alkanes of at least 4 members (excludes halogenated alkanes) is 20. The van der Waals surface area contributed by atoms with Crippen molar-refractivity contribution in [1.29, 1.82) is 0 Å². The van der Waals surface area contributed by atoms with Crippen LogP contribution in [0.2, 0.25) is 0 Å². The molecule has 0 aliphatic heterocycles. The Labute approximate surface area is 414 Å². The van der Waals surface area contributed by atoms with Crippen LogP contribution in [0.15, 0.2) is 78.4 Å². The third-order valence-electron chi connectivity index (χ3n) is 12.2. The highest BCUT2D eigenvalue weighted by molar-refractivity contribution is 8.03. The fourth-order valence-electron chi connectivity index (χ4n) is 8.35. The second-order valence-electron chi connectivity index (χ2n) is 17.8. The fourth-order valence-corrected chi connectivity index (χ4v) is 15.2. The molecule has 352 valence electrons. The Morgan fingerprint density at radius 1 is 0.286 bits per heavy atom. The van der Waals surface area contributed by atoms with Gasteiger partial charge in [-0.2, -0.15) is 0 Å². The molecule has 0 radical (unpaired) electrons. The van der Waals surface area contributed by atoms with Crippen LogP contribution >= 0.6 is 70.6 Å². The number of benzene rings is 4. The van der Waals surface area contributed by atoms with E-state index in [2.05, 4.69) is 154 Å². The number of hydrogen-bond donors (Lipinski definition) is 0. The van der Waals surface area contributed by atoms with Crippen molar-refractivity contribution in [3.05, 3.63) is 49.1 Å². The number of allylic oxidation sites excluding steroid dienone is 1. The second kappa shape index (κ2) is 34.7. The number of fused-ring (bicyclic) bond motifs is 6. The van der Waals surface area contributed by atoms with Crippen molar-refractivity contribution in [1.82, 2.24) is 0 Å². The van der Waals surface area contributed by atoms with Crippen molar-refractivity contribution < 1.29 is 0 Å². The molecule has 0 amide bonds. The lowest BCUT2D eigenvalue weighted by atomic mass is 9.94. The van der Waals surface area contributed by atoms with Gasteiger partial charge in [0.05, 0.1) is 0 Å². The van der Waals surface area contributed by atoms with E-state index in [1.165, 1.54) is 257 Å². The molecule has 0 N–H and O–H groups in total. The number of rotatable bonds is 39. The van der Waals surface area contributed by atoms with Gasteiger partial charge in [-0.3, -0.25) is 0 Å². The van der Waals surface area contributed by atoms with Crippen molar-refractivity contribution in [2.24, 2.45) is 0 Å². The highest BCUT2D eigenvalue weighted by Crippen LogP contribution is 2.47. The summed E-state index contributed by atoms with van der Waals surface area (Å²) in [5.41, 5.74) is 0. The summed E-state index contributed by atoms with van der Waals surface area (Å²) < 4.78 is 0. The largest absolute Gasteiger partial charge is 0.125 e. The zero-order valence-corrected chi connectivity index (χ0v) is 45.7. The zero-order valence-electron chi connectivity index (χ0n) is 40.8. The second-order valence-corrected chi connectivity index (χ2v) is 24.6. The summed E-state index contributed by atoms with van der Waals surface area (Å²) in [6, 6.07) is 16.0. The summed E-state index contributed by atoms with van der Waals surface area (Å²) in [5.74, 6) is 7.27. The minimum atomic E-state index is 1.16. The van der Waals surface area contributed by atoms with E-state index in [9.17, 15) is 0 Å². The molecule has 4 aromatic carbocycles. The first kappa shape index (κ1) is 55.1. The van der Waals surface area contributed by atoms with Crippen LogP contribution in [0.3, 0.4) is 0 Å². The molecule has 0 aliphatic rings. The van der Waals surface area contributed by atoms with Gasteiger partial charge in [-0.15, -0.1) is 77.2 Å². The number of hydrogen-bond acceptors (Lipinski definition) is 6. The van der Waals surface area contributed by atoms with Gasteiger partial charge >= 0.3 is 0 Å².